The second kappa shape index (κ2) is 8.73. The summed E-state index contributed by atoms with van der Waals surface area (Å²) < 4.78 is 27.9. The maximum Gasteiger partial charge on any atom is 0.256 e. The van der Waals surface area contributed by atoms with Gasteiger partial charge in [-0.25, -0.2) is 18.7 Å². The molecule has 3 aromatic rings. The number of likely N-dealkylation sites (tertiary alicyclic amines) is 1. The highest BCUT2D eigenvalue weighted by Gasteiger charge is 2.31. The van der Waals surface area contributed by atoms with Gasteiger partial charge in [-0.15, -0.1) is 0 Å². The lowest BCUT2D eigenvalue weighted by Gasteiger charge is -2.34. The molecule has 1 saturated heterocycles. The van der Waals surface area contributed by atoms with E-state index in [1.165, 1.54) is 0 Å². The predicted octanol–water partition coefficient (Wildman–Crippen LogP) is 5.13. The normalized spacial score (nSPS) is 16.8. The summed E-state index contributed by atoms with van der Waals surface area (Å²) >= 11 is 0. The third-order valence-corrected chi connectivity index (χ3v) is 5.73. The van der Waals surface area contributed by atoms with Crippen molar-refractivity contribution in [3.05, 3.63) is 77.6 Å². The SMILES string of the molecule is CC(C)(C)c1ncc(-c2ccncc2)c(C2CCCN(C(=O)c3cc(F)ccc3F)C2)n1. The number of carbonyl (C=O) groups excluding carboxylic acids is 1. The summed E-state index contributed by atoms with van der Waals surface area (Å²) in [4.78, 5) is 28.2. The highest BCUT2D eigenvalue weighted by Crippen LogP contribution is 2.34. The maximum atomic E-state index is 14.2. The van der Waals surface area contributed by atoms with Gasteiger partial charge in [-0.05, 0) is 48.7 Å². The van der Waals surface area contributed by atoms with Gasteiger partial charge < -0.3 is 4.90 Å². The minimum atomic E-state index is -0.715. The number of hydrogen-bond acceptors (Lipinski definition) is 4. The molecule has 1 aliphatic rings. The van der Waals surface area contributed by atoms with Crippen molar-refractivity contribution in [2.45, 2.75) is 44.9 Å². The van der Waals surface area contributed by atoms with Crippen LogP contribution in [0.15, 0.2) is 48.9 Å². The number of pyridine rings is 1. The van der Waals surface area contributed by atoms with Gasteiger partial charge in [-0.2, -0.15) is 0 Å². The van der Waals surface area contributed by atoms with Gasteiger partial charge in [0.1, 0.15) is 17.5 Å². The van der Waals surface area contributed by atoms with E-state index in [2.05, 4.69) is 30.7 Å². The fourth-order valence-corrected chi connectivity index (χ4v) is 4.04. The Hall–Kier alpha value is -3.22. The molecule has 0 bridgehead atoms. The number of amides is 1. The van der Waals surface area contributed by atoms with E-state index in [0.29, 0.717) is 13.1 Å². The number of halogens is 2. The number of nitrogens with zero attached hydrogens (tertiary/aromatic N) is 4. The van der Waals surface area contributed by atoms with Gasteiger partial charge in [0.2, 0.25) is 0 Å². The van der Waals surface area contributed by atoms with Gasteiger partial charge in [-0.1, -0.05) is 20.8 Å². The number of aromatic nitrogens is 3. The zero-order valence-corrected chi connectivity index (χ0v) is 18.5. The Bertz CT molecular complexity index is 1130. The standard InChI is InChI=1S/C25H26F2N4O/c1-25(2,3)24-29-14-20(16-8-10-28-11-9-16)22(30-24)17-5-4-12-31(15-17)23(32)19-13-18(26)6-7-21(19)27/h6-11,13-14,17H,4-5,12,15H2,1-3H3. The summed E-state index contributed by atoms with van der Waals surface area (Å²) in [5.41, 5.74) is 2.25. The monoisotopic (exact) mass is 436 g/mol. The average molecular weight is 437 g/mol. The number of hydrogen-bond donors (Lipinski definition) is 0. The van der Waals surface area contributed by atoms with Crippen molar-refractivity contribution in [3.8, 4) is 11.1 Å². The molecule has 3 heterocycles. The smallest absolute Gasteiger partial charge is 0.256 e. The Morgan fingerprint density at radius 1 is 1.12 bits per heavy atom. The molecule has 2 aromatic heterocycles. The summed E-state index contributed by atoms with van der Waals surface area (Å²) in [7, 11) is 0. The van der Waals surface area contributed by atoms with E-state index >= 15 is 0 Å². The maximum absolute atomic E-state index is 14.2. The average Bonchev–Trinajstić information content (AvgIpc) is 2.80. The molecule has 4 rings (SSSR count). The fraction of sp³-hybridized carbons (Fsp3) is 0.360. The van der Waals surface area contributed by atoms with Crippen LogP contribution in [0.3, 0.4) is 0 Å². The molecule has 5 nitrogen and oxygen atoms in total. The summed E-state index contributed by atoms with van der Waals surface area (Å²) in [6.07, 6.45) is 6.87. The molecule has 166 valence electrons. The van der Waals surface area contributed by atoms with Crippen LogP contribution in [0, 0.1) is 11.6 Å². The molecule has 1 amide bonds. The van der Waals surface area contributed by atoms with Crippen molar-refractivity contribution >= 4 is 5.91 Å². The van der Waals surface area contributed by atoms with Crippen LogP contribution in [0.25, 0.3) is 11.1 Å². The molecule has 1 unspecified atom stereocenters. The molecule has 0 aliphatic carbocycles. The topological polar surface area (TPSA) is 59.0 Å². The molecule has 1 fully saturated rings. The second-order valence-corrected chi connectivity index (χ2v) is 9.19. The largest absolute Gasteiger partial charge is 0.338 e. The first-order chi connectivity index (χ1) is 15.2. The lowest BCUT2D eigenvalue weighted by Crippen LogP contribution is -2.40. The number of benzene rings is 1. The third kappa shape index (κ3) is 4.52. The van der Waals surface area contributed by atoms with Crippen molar-refractivity contribution in [1.82, 2.24) is 19.9 Å². The minimum Gasteiger partial charge on any atom is -0.338 e. The number of carbonyl (C=O) groups is 1. The van der Waals surface area contributed by atoms with Gasteiger partial charge in [0.05, 0.1) is 11.3 Å². The van der Waals surface area contributed by atoms with E-state index in [-0.39, 0.29) is 16.9 Å². The zero-order valence-electron chi connectivity index (χ0n) is 18.5. The quantitative estimate of drug-likeness (QED) is 0.571. The highest BCUT2D eigenvalue weighted by atomic mass is 19.1. The van der Waals surface area contributed by atoms with E-state index in [4.69, 9.17) is 4.98 Å². The van der Waals surface area contributed by atoms with E-state index in [1.54, 1.807) is 17.3 Å². The van der Waals surface area contributed by atoms with Crippen LogP contribution >= 0.6 is 0 Å². The third-order valence-electron chi connectivity index (χ3n) is 5.73. The molecule has 1 aromatic carbocycles. The first-order valence-electron chi connectivity index (χ1n) is 10.8. The highest BCUT2D eigenvalue weighted by molar-refractivity contribution is 5.94. The van der Waals surface area contributed by atoms with Crippen LogP contribution in [0.2, 0.25) is 0 Å². The van der Waals surface area contributed by atoms with Crippen molar-refractivity contribution < 1.29 is 13.6 Å². The molecule has 32 heavy (non-hydrogen) atoms. The molecular weight excluding hydrogens is 410 g/mol. The molecule has 7 heteroatoms. The lowest BCUT2D eigenvalue weighted by molar-refractivity contribution is 0.0700. The van der Waals surface area contributed by atoms with Gasteiger partial charge in [0.25, 0.3) is 5.91 Å². The van der Waals surface area contributed by atoms with Gasteiger partial charge >= 0.3 is 0 Å². The van der Waals surface area contributed by atoms with Crippen LogP contribution in [-0.2, 0) is 5.41 Å². The van der Waals surface area contributed by atoms with E-state index in [1.807, 2.05) is 18.3 Å². The summed E-state index contributed by atoms with van der Waals surface area (Å²) in [5.74, 6) is -1.16. The second-order valence-electron chi connectivity index (χ2n) is 9.19. The molecular formula is C25H26F2N4O. The number of rotatable bonds is 3. The Morgan fingerprint density at radius 2 is 1.88 bits per heavy atom. The van der Waals surface area contributed by atoms with Crippen molar-refractivity contribution in [3.63, 3.8) is 0 Å². The van der Waals surface area contributed by atoms with Crippen LogP contribution < -0.4 is 0 Å². The Labute approximate surface area is 186 Å². The predicted molar refractivity (Wildman–Crippen MR) is 118 cm³/mol. The Balaban J connectivity index is 1.70. The van der Waals surface area contributed by atoms with Gasteiger partial charge in [0.15, 0.2) is 0 Å². The first kappa shape index (κ1) is 22.0. The molecule has 1 atom stereocenters. The number of piperidine rings is 1. The van der Waals surface area contributed by atoms with E-state index in [9.17, 15) is 13.6 Å². The molecule has 0 radical (unpaired) electrons. The summed E-state index contributed by atoms with van der Waals surface area (Å²) in [6.45, 7) is 7.05. The fourth-order valence-electron chi connectivity index (χ4n) is 4.04. The van der Waals surface area contributed by atoms with Crippen LogP contribution in [-0.4, -0.2) is 38.8 Å². The molecule has 0 saturated carbocycles. The molecule has 0 spiro atoms. The van der Waals surface area contributed by atoms with E-state index < -0.39 is 17.5 Å². The Kier molecular flexibility index (Phi) is 6.00. The zero-order chi connectivity index (χ0) is 22.9. The first-order valence-corrected chi connectivity index (χ1v) is 10.8. The van der Waals surface area contributed by atoms with Crippen LogP contribution in [0.5, 0.6) is 0 Å². The molecule has 0 N–H and O–H groups in total. The lowest BCUT2D eigenvalue weighted by atomic mass is 9.88. The van der Waals surface area contributed by atoms with Crippen LogP contribution in [0.4, 0.5) is 8.78 Å². The van der Waals surface area contributed by atoms with Crippen molar-refractivity contribution in [1.29, 1.82) is 0 Å². The minimum absolute atomic E-state index is 0.0448. The Morgan fingerprint density at radius 3 is 2.59 bits per heavy atom. The van der Waals surface area contributed by atoms with Gasteiger partial charge in [0, 0.05) is 48.6 Å². The van der Waals surface area contributed by atoms with Gasteiger partial charge in [-0.3, -0.25) is 9.78 Å². The molecule has 1 aliphatic heterocycles. The summed E-state index contributed by atoms with van der Waals surface area (Å²) in [5, 5.41) is 0. The van der Waals surface area contributed by atoms with Crippen molar-refractivity contribution in [2.75, 3.05) is 13.1 Å². The van der Waals surface area contributed by atoms with Crippen LogP contribution in [0.1, 0.15) is 61.4 Å². The van der Waals surface area contributed by atoms with E-state index in [0.717, 1.165) is 53.7 Å². The van der Waals surface area contributed by atoms with Crippen molar-refractivity contribution in [2.24, 2.45) is 0 Å². The summed E-state index contributed by atoms with van der Waals surface area (Å²) in [6, 6.07) is 6.79.